The number of nitrogens with one attached hydrogen (secondary N) is 2. The Morgan fingerprint density at radius 2 is 2.22 bits per heavy atom. The Balaban J connectivity index is 2.60. The summed E-state index contributed by atoms with van der Waals surface area (Å²) >= 11 is 1.80. The van der Waals surface area contributed by atoms with E-state index in [1.807, 2.05) is 0 Å². The van der Waals surface area contributed by atoms with Crippen molar-refractivity contribution >= 4 is 17.7 Å². The third kappa shape index (κ3) is 4.16. The third-order valence-corrected chi connectivity index (χ3v) is 5.16. The Morgan fingerprint density at radius 1 is 1.50 bits per heavy atom. The highest BCUT2D eigenvalue weighted by atomic mass is 32.2. The molecule has 18 heavy (non-hydrogen) atoms. The summed E-state index contributed by atoms with van der Waals surface area (Å²) in [4.78, 5) is 12.5. The molecule has 0 aromatic carbocycles. The average molecular weight is 272 g/mol. The topological polar surface area (TPSA) is 41.1 Å². The van der Waals surface area contributed by atoms with Gasteiger partial charge in [0, 0.05) is 17.8 Å². The van der Waals surface area contributed by atoms with E-state index >= 15 is 0 Å². The van der Waals surface area contributed by atoms with Gasteiger partial charge in [-0.25, -0.2) is 0 Å². The molecular formula is C14H28N2OS. The van der Waals surface area contributed by atoms with Crippen LogP contribution in [0, 0.1) is 5.41 Å². The number of hydrogen-bond donors (Lipinski definition) is 2. The van der Waals surface area contributed by atoms with Gasteiger partial charge in [0.2, 0.25) is 5.91 Å². The SMILES string of the molecule is CCCC1(C(=O)NCC(C)(C)SC)CCCNC1. The predicted molar refractivity (Wildman–Crippen MR) is 80.0 cm³/mol. The number of amides is 1. The molecule has 1 atom stereocenters. The Morgan fingerprint density at radius 3 is 2.72 bits per heavy atom. The Kier molecular flexibility index (Phi) is 5.99. The molecule has 1 rings (SSSR count). The zero-order valence-corrected chi connectivity index (χ0v) is 13.1. The van der Waals surface area contributed by atoms with Crippen molar-refractivity contribution in [3.8, 4) is 0 Å². The highest BCUT2D eigenvalue weighted by molar-refractivity contribution is 7.99. The molecule has 2 N–H and O–H groups in total. The first-order chi connectivity index (χ1) is 8.46. The molecule has 4 heteroatoms. The average Bonchev–Trinajstić information content (AvgIpc) is 2.37. The summed E-state index contributed by atoms with van der Waals surface area (Å²) in [5.41, 5.74) is -0.165. The van der Waals surface area contributed by atoms with Gasteiger partial charge in [0.25, 0.3) is 0 Å². The van der Waals surface area contributed by atoms with Crippen LogP contribution in [0.5, 0.6) is 0 Å². The largest absolute Gasteiger partial charge is 0.354 e. The Labute approximate surface area is 116 Å². The number of piperidine rings is 1. The molecule has 1 saturated heterocycles. The van der Waals surface area contributed by atoms with E-state index in [9.17, 15) is 4.79 Å². The summed E-state index contributed by atoms with van der Waals surface area (Å²) in [5.74, 6) is 0.249. The molecule has 1 aliphatic rings. The second-order valence-corrected chi connectivity index (χ2v) is 7.47. The van der Waals surface area contributed by atoms with Gasteiger partial charge < -0.3 is 10.6 Å². The van der Waals surface area contributed by atoms with Crippen molar-refractivity contribution in [2.45, 2.75) is 51.2 Å². The Bertz CT molecular complexity index is 267. The van der Waals surface area contributed by atoms with Gasteiger partial charge in [-0.3, -0.25) is 4.79 Å². The minimum atomic E-state index is -0.165. The quantitative estimate of drug-likeness (QED) is 0.780. The molecule has 0 spiro atoms. The van der Waals surface area contributed by atoms with E-state index in [1.54, 1.807) is 11.8 Å². The summed E-state index contributed by atoms with van der Waals surface area (Å²) in [6.45, 7) is 9.14. The van der Waals surface area contributed by atoms with Gasteiger partial charge in [-0.05, 0) is 45.9 Å². The summed E-state index contributed by atoms with van der Waals surface area (Å²) < 4.78 is 0.116. The van der Waals surface area contributed by atoms with Gasteiger partial charge in [-0.1, -0.05) is 13.3 Å². The van der Waals surface area contributed by atoms with Crippen LogP contribution in [0.2, 0.25) is 0 Å². The molecular weight excluding hydrogens is 244 g/mol. The fourth-order valence-corrected chi connectivity index (χ4v) is 2.74. The smallest absolute Gasteiger partial charge is 0.227 e. The van der Waals surface area contributed by atoms with E-state index in [-0.39, 0.29) is 16.1 Å². The van der Waals surface area contributed by atoms with Crippen LogP contribution in [-0.4, -0.2) is 36.5 Å². The maximum atomic E-state index is 12.5. The summed E-state index contributed by atoms with van der Waals surface area (Å²) in [6, 6.07) is 0. The maximum Gasteiger partial charge on any atom is 0.227 e. The van der Waals surface area contributed by atoms with Crippen LogP contribution >= 0.6 is 11.8 Å². The van der Waals surface area contributed by atoms with Gasteiger partial charge in [0.15, 0.2) is 0 Å². The third-order valence-electron chi connectivity index (χ3n) is 3.91. The van der Waals surface area contributed by atoms with E-state index in [4.69, 9.17) is 0 Å². The predicted octanol–water partition coefficient (Wildman–Crippen LogP) is 2.41. The van der Waals surface area contributed by atoms with E-state index in [0.29, 0.717) is 0 Å². The highest BCUT2D eigenvalue weighted by Gasteiger charge is 2.38. The standard InChI is InChI=1S/C14H28N2OS/c1-5-7-14(8-6-9-15-11-14)12(17)16-10-13(2,3)18-4/h15H,5-11H2,1-4H3,(H,16,17). The molecule has 1 heterocycles. The molecule has 1 amide bonds. The van der Waals surface area contributed by atoms with E-state index in [1.165, 1.54) is 0 Å². The van der Waals surface area contributed by atoms with Gasteiger partial charge in [-0.15, -0.1) is 0 Å². The van der Waals surface area contributed by atoms with Crippen LogP contribution < -0.4 is 10.6 Å². The molecule has 0 aliphatic carbocycles. The number of rotatable bonds is 6. The molecule has 0 bridgehead atoms. The van der Waals surface area contributed by atoms with Crippen LogP contribution in [-0.2, 0) is 4.79 Å². The van der Waals surface area contributed by atoms with Gasteiger partial charge in [-0.2, -0.15) is 11.8 Å². The lowest BCUT2D eigenvalue weighted by atomic mass is 9.76. The van der Waals surface area contributed by atoms with Gasteiger partial charge in [0.1, 0.15) is 0 Å². The first-order valence-electron chi connectivity index (χ1n) is 7.00. The fourth-order valence-electron chi connectivity index (χ4n) is 2.52. The number of carbonyl (C=O) groups is 1. The lowest BCUT2D eigenvalue weighted by Gasteiger charge is -2.37. The van der Waals surface area contributed by atoms with Crippen molar-refractivity contribution in [1.29, 1.82) is 0 Å². The molecule has 0 saturated carbocycles. The summed E-state index contributed by atoms with van der Waals surface area (Å²) in [7, 11) is 0. The van der Waals surface area contributed by atoms with Crippen LogP contribution in [0.1, 0.15) is 46.5 Å². The molecule has 0 aromatic heterocycles. The molecule has 3 nitrogen and oxygen atoms in total. The van der Waals surface area contributed by atoms with E-state index < -0.39 is 0 Å². The monoisotopic (exact) mass is 272 g/mol. The number of thioether (sulfide) groups is 1. The highest BCUT2D eigenvalue weighted by Crippen LogP contribution is 2.32. The normalized spacial score (nSPS) is 24.9. The van der Waals surface area contributed by atoms with Crippen LogP contribution in [0.25, 0.3) is 0 Å². The lowest BCUT2D eigenvalue weighted by Crippen LogP contribution is -2.52. The maximum absolute atomic E-state index is 12.5. The van der Waals surface area contributed by atoms with Gasteiger partial charge in [0.05, 0.1) is 5.41 Å². The van der Waals surface area contributed by atoms with Crippen molar-refractivity contribution in [2.75, 3.05) is 25.9 Å². The molecule has 0 radical (unpaired) electrons. The van der Waals surface area contributed by atoms with Crippen LogP contribution in [0.15, 0.2) is 0 Å². The fraction of sp³-hybridized carbons (Fsp3) is 0.929. The molecule has 1 fully saturated rings. The molecule has 1 unspecified atom stereocenters. The number of hydrogen-bond acceptors (Lipinski definition) is 3. The lowest BCUT2D eigenvalue weighted by molar-refractivity contribution is -0.132. The van der Waals surface area contributed by atoms with E-state index in [2.05, 4.69) is 37.7 Å². The van der Waals surface area contributed by atoms with Crippen molar-refractivity contribution < 1.29 is 4.79 Å². The van der Waals surface area contributed by atoms with E-state index in [0.717, 1.165) is 45.3 Å². The molecule has 106 valence electrons. The van der Waals surface area contributed by atoms with Crippen molar-refractivity contribution in [2.24, 2.45) is 5.41 Å². The zero-order chi connectivity index (χ0) is 13.6. The van der Waals surface area contributed by atoms with Crippen LogP contribution in [0.3, 0.4) is 0 Å². The molecule has 1 aliphatic heterocycles. The zero-order valence-electron chi connectivity index (χ0n) is 12.3. The minimum Gasteiger partial charge on any atom is -0.354 e. The first kappa shape index (κ1) is 15.8. The Hall–Kier alpha value is -0.220. The minimum absolute atomic E-state index is 0.116. The second kappa shape index (κ2) is 6.80. The second-order valence-electron chi connectivity index (χ2n) is 5.96. The van der Waals surface area contributed by atoms with Crippen molar-refractivity contribution in [3.05, 3.63) is 0 Å². The number of carbonyl (C=O) groups excluding carboxylic acids is 1. The summed E-state index contributed by atoms with van der Waals surface area (Å²) in [5, 5.41) is 6.56. The van der Waals surface area contributed by atoms with Crippen molar-refractivity contribution in [1.82, 2.24) is 10.6 Å². The first-order valence-corrected chi connectivity index (χ1v) is 8.22. The molecule has 0 aromatic rings. The van der Waals surface area contributed by atoms with Crippen LogP contribution in [0.4, 0.5) is 0 Å². The van der Waals surface area contributed by atoms with Gasteiger partial charge >= 0.3 is 0 Å². The summed E-state index contributed by atoms with van der Waals surface area (Å²) in [6.07, 6.45) is 6.29. The van der Waals surface area contributed by atoms with Crippen molar-refractivity contribution in [3.63, 3.8) is 0 Å².